The lowest BCUT2D eigenvalue weighted by Crippen LogP contribution is -2.48. The van der Waals surface area contributed by atoms with Crippen molar-refractivity contribution in [3.05, 3.63) is 29.3 Å². The number of carboxylic acid groups (broad SMARTS) is 1. The second-order valence-corrected chi connectivity index (χ2v) is 5.98. The fourth-order valence-corrected chi connectivity index (χ4v) is 1.97. The van der Waals surface area contributed by atoms with E-state index < -0.39 is 11.5 Å². The molecular weight excluding hydrogens is 294 g/mol. The number of rotatable bonds is 6. The Balaban J connectivity index is 2.58. The Bertz CT molecular complexity index is 511. The molecule has 0 bridgehead atoms. The molecule has 0 fully saturated rings. The summed E-state index contributed by atoms with van der Waals surface area (Å²) in [6, 6.07) is 6.99. The molecule has 0 saturated carbocycles. The number of carbonyl (C=O) groups is 2. The summed E-state index contributed by atoms with van der Waals surface area (Å²) in [5, 5.41) is 9.37. The van der Waals surface area contributed by atoms with E-state index in [1.807, 2.05) is 0 Å². The lowest BCUT2D eigenvalue weighted by atomic mass is 10.1. The number of hydrogen-bond acceptors (Lipinski definition) is 3. The van der Waals surface area contributed by atoms with E-state index in [1.165, 1.54) is 4.90 Å². The van der Waals surface area contributed by atoms with Crippen molar-refractivity contribution in [1.82, 2.24) is 4.90 Å². The van der Waals surface area contributed by atoms with Crippen molar-refractivity contribution >= 4 is 23.5 Å². The smallest absolute Gasteiger partial charge is 0.323 e. The zero-order valence-electron chi connectivity index (χ0n) is 12.4. The zero-order valence-corrected chi connectivity index (χ0v) is 13.2. The average molecular weight is 314 g/mol. The molecule has 0 atom stereocenters. The molecule has 0 aliphatic rings. The van der Waals surface area contributed by atoms with Crippen LogP contribution < -0.4 is 4.74 Å². The van der Waals surface area contributed by atoms with Crippen LogP contribution in [0.4, 0.5) is 0 Å². The van der Waals surface area contributed by atoms with Gasteiger partial charge in [0.05, 0.1) is 18.1 Å². The van der Waals surface area contributed by atoms with Crippen LogP contribution in [0, 0.1) is 0 Å². The van der Waals surface area contributed by atoms with Gasteiger partial charge in [-0.15, -0.1) is 0 Å². The molecule has 1 aromatic carbocycles. The Morgan fingerprint density at radius 1 is 1.29 bits per heavy atom. The Morgan fingerprint density at radius 2 is 1.90 bits per heavy atom. The molecule has 1 amide bonds. The van der Waals surface area contributed by atoms with E-state index in [2.05, 4.69) is 0 Å². The summed E-state index contributed by atoms with van der Waals surface area (Å²) in [5.41, 5.74) is -0.556. The number of ether oxygens (including phenoxy) is 1. The fourth-order valence-electron chi connectivity index (χ4n) is 1.78. The predicted octanol–water partition coefficient (Wildman–Crippen LogP) is 2.82. The van der Waals surface area contributed by atoms with Crippen LogP contribution in [-0.2, 0) is 9.59 Å². The van der Waals surface area contributed by atoms with Crippen LogP contribution in [0.15, 0.2) is 24.3 Å². The Labute approximate surface area is 129 Å². The minimum Gasteiger partial charge on any atom is -0.491 e. The molecule has 1 N–H and O–H groups in total. The predicted molar refractivity (Wildman–Crippen MR) is 80.7 cm³/mol. The molecule has 116 valence electrons. The minimum atomic E-state index is -1.04. The van der Waals surface area contributed by atoms with Gasteiger partial charge in [-0.05, 0) is 32.9 Å². The van der Waals surface area contributed by atoms with Crippen molar-refractivity contribution in [3.8, 4) is 5.75 Å². The maximum Gasteiger partial charge on any atom is 0.323 e. The van der Waals surface area contributed by atoms with E-state index >= 15 is 0 Å². The average Bonchev–Trinajstić information content (AvgIpc) is 2.36. The highest BCUT2D eigenvalue weighted by Crippen LogP contribution is 2.23. The van der Waals surface area contributed by atoms with E-state index in [-0.39, 0.29) is 25.5 Å². The maximum atomic E-state index is 12.2. The van der Waals surface area contributed by atoms with Gasteiger partial charge in [-0.3, -0.25) is 9.59 Å². The highest BCUT2D eigenvalue weighted by atomic mass is 35.5. The standard InChI is InChI=1S/C15H20ClNO4/c1-15(2,3)17(10-14(19)20)13(18)8-9-21-12-7-5-4-6-11(12)16/h4-7H,8-10H2,1-3H3,(H,19,20). The van der Waals surface area contributed by atoms with E-state index in [9.17, 15) is 9.59 Å². The van der Waals surface area contributed by atoms with Gasteiger partial charge in [0, 0.05) is 5.54 Å². The van der Waals surface area contributed by atoms with E-state index in [0.29, 0.717) is 10.8 Å². The molecule has 0 heterocycles. The molecular formula is C15H20ClNO4. The van der Waals surface area contributed by atoms with Gasteiger partial charge >= 0.3 is 5.97 Å². The number of para-hydroxylation sites is 1. The molecule has 6 heteroatoms. The largest absolute Gasteiger partial charge is 0.491 e. The number of amides is 1. The molecule has 0 aliphatic carbocycles. The van der Waals surface area contributed by atoms with Crippen LogP contribution >= 0.6 is 11.6 Å². The van der Waals surface area contributed by atoms with Crippen LogP contribution in [0.25, 0.3) is 0 Å². The molecule has 0 aliphatic heterocycles. The number of benzene rings is 1. The third-order valence-corrected chi connectivity index (χ3v) is 3.13. The van der Waals surface area contributed by atoms with Crippen LogP contribution in [-0.4, -0.2) is 40.6 Å². The lowest BCUT2D eigenvalue weighted by molar-refractivity contribution is -0.148. The SMILES string of the molecule is CC(C)(C)N(CC(=O)O)C(=O)CCOc1ccccc1Cl. The molecule has 0 radical (unpaired) electrons. The summed E-state index contributed by atoms with van der Waals surface area (Å²) in [4.78, 5) is 24.3. The Kier molecular flexibility index (Phi) is 6.03. The monoisotopic (exact) mass is 313 g/mol. The van der Waals surface area contributed by atoms with Gasteiger partial charge in [0.15, 0.2) is 0 Å². The van der Waals surface area contributed by atoms with Gasteiger partial charge in [0.25, 0.3) is 0 Å². The molecule has 0 aromatic heterocycles. The van der Waals surface area contributed by atoms with E-state index in [4.69, 9.17) is 21.4 Å². The van der Waals surface area contributed by atoms with Crippen molar-refractivity contribution in [2.75, 3.05) is 13.2 Å². The summed E-state index contributed by atoms with van der Waals surface area (Å²) in [6.45, 7) is 5.21. The van der Waals surface area contributed by atoms with Crippen molar-refractivity contribution in [3.63, 3.8) is 0 Å². The second-order valence-electron chi connectivity index (χ2n) is 5.57. The molecule has 0 saturated heterocycles. The summed E-state index contributed by atoms with van der Waals surface area (Å²) in [5.74, 6) is -0.797. The minimum absolute atomic E-state index is 0.0930. The van der Waals surface area contributed by atoms with Crippen molar-refractivity contribution in [2.45, 2.75) is 32.7 Å². The Morgan fingerprint density at radius 3 is 2.43 bits per heavy atom. The van der Waals surface area contributed by atoms with Gasteiger partial charge < -0.3 is 14.7 Å². The van der Waals surface area contributed by atoms with Gasteiger partial charge in [-0.2, -0.15) is 0 Å². The van der Waals surface area contributed by atoms with Crippen molar-refractivity contribution in [2.24, 2.45) is 0 Å². The number of hydrogen-bond donors (Lipinski definition) is 1. The number of carboxylic acids is 1. The maximum absolute atomic E-state index is 12.2. The normalized spacial score (nSPS) is 11.0. The van der Waals surface area contributed by atoms with Gasteiger partial charge in [0.2, 0.25) is 5.91 Å². The zero-order chi connectivity index (χ0) is 16.0. The number of nitrogens with zero attached hydrogens (tertiary/aromatic N) is 1. The quantitative estimate of drug-likeness (QED) is 0.877. The highest BCUT2D eigenvalue weighted by Gasteiger charge is 2.28. The third-order valence-electron chi connectivity index (χ3n) is 2.81. The fraction of sp³-hybridized carbons (Fsp3) is 0.467. The van der Waals surface area contributed by atoms with E-state index in [1.54, 1.807) is 45.0 Å². The molecule has 0 spiro atoms. The highest BCUT2D eigenvalue weighted by molar-refractivity contribution is 6.32. The van der Waals surface area contributed by atoms with Crippen LogP contribution in [0.1, 0.15) is 27.2 Å². The number of halogens is 1. The van der Waals surface area contributed by atoms with Crippen LogP contribution in [0.5, 0.6) is 5.75 Å². The summed E-state index contributed by atoms with van der Waals surface area (Å²) < 4.78 is 5.45. The first-order valence-corrected chi connectivity index (χ1v) is 6.99. The number of aliphatic carboxylic acids is 1. The number of carbonyl (C=O) groups excluding carboxylic acids is 1. The molecule has 1 aromatic rings. The summed E-state index contributed by atoms with van der Waals surface area (Å²) in [6.07, 6.45) is 0.0930. The molecule has 5 nitrogen and oxygen atoms in total. The first-order valence-electron chi connectivity index (χ1n) is 6.61. The summed E-state index contributed by atoms with van der Waals surface area (Å²) in [7, 11) is 0. The molecule has 21 heavy (non-hydrogen) atoms. The first-order chi connectivity index (χ1) is 9.71. The third kappa shape index (κ3) is 5.63. The van der Waals surface area contributed by atoms with E-state index in [0.717, 1.165) is 0 Å². The van der Waals surface area contributed by atoms with Crippen molar-refractivity contribution < 1.29 is 19.4 Å². The second kappa shape index (κ2) is 7.31. The van der Waals surface area contributed by atoms with Gasteiger partial charge in [-0.25, -0.2) is 0 Å². The topological polar surface area (TPSA) is 66.8 Å². The van der Waals surface area contributed by atoms with Crippen LogP contribution in [0.3, 0.4) is 0 Å². The molecule has 1 rings (SSSR count). The lowest BCUT2D eigenvalue weighted by Gasteiger charge is -2.34. The molecule has 0 unspecified atom stereocenters. The van der Waals surface area contributed by atoms with Crippen LogP contribution in [0.2, 0.25) is 5.02 Å². The van der Waals surface area contributed by atoms with Gasteiger partial charge in [-0.1, -0.05) is 23.7 Å². The summed E-state index contributed by atoms with van der Waals surface area (Å²) >= 11 is 5.95. The Hall–Kier alpha value is -1.75. The van der Waals surface area contributed by atoms with Crippen molar-refractivity contribution in [1.29, 1.82) is 0 Å². The first kappa shape index (κ1) is 17.3. The van der Waals surface area contributed by atoms with Gasteiger partial charge in [0.1, 0.15) is 12.3 Å².